The van der Waals surface area contributed by atoms with Gasteiger partial charge >= 0.3 is 0 Å². The van der Waals surface area contributed by atoms with Crippen molar-refractivity contribution in [1.29, 1.82) is 0 Å². The molecule has 1 saturated heterocycles. The Morgan fingerprint density at radius 3 is 2.26 bits per heavy atom. The molecule has 0 aromatic heterocycles. The molecule has 1 aromatic rings. The van der Waals surface area contributed by atoms with E-state index in [0.29, 0.717) is 17.1 Å². The molecule has 1 aliphatic rings. The highest BCUT2D eigenvalue weighted by atomic mass is 35.5. The van der Waals surface area contributed by atoms with Crippen LogP contribution in [-0.2, 0) is 19.9 Å². The molecule has 0 amide bonds. The second-order valence-electron chi connectivity index (χ2n) is 4.59. The van der Waals surface area contributed by atoms with Crippen molar-refractivity contribution in [3.05, 3.63) is 29.3 Å². The summed E-state index contributed by atoms with van der Waals surface area (Å²) < 4.78 is 48.0. The first kappa shape index (κ1) is 14.6. The third kappa shape index (κ3) is 3.40. The van der Waals surface area contributed by atoms with E-state index >= 15 is 0 Å². The maximum absolute atomic E-state index is 11.9. The first-order valence-electron chi connectivity index (χ1n) is 5.64. The number of hydrogen-bond acceptors (Lipinski definition) is 4. The van der Waals surface area contributed by atoms with Gasteiger partial charge in [0.15, 0.2) is 9.84 Å². The van der Waals surface area contributed by atoms with Crippen molar-refractivity contribution in [3.8, 4) is 0 Å². The van der Waals surface area contributed by atoms with Gasteiger partial charge in [-0.25, -0.2) is 16.8 Å². The smallest absolute Gasteiger partial charge is 0.232 e. The van der Waals surface area contributed by atoms with Crippen LogP contribution in [0.15, 0.2) is 24.3 Å². The van der Waals surface area contributed by atoms with Crippen LogP contribution in [0.25, 0.3) is 0 Å². The van der Waals surface area contributed by atoms with Gasteiger partial charge < -0.3 is 0 Å². The molecular weight excluding hydrogens is 310 g/mol. The van der Waals surface area contributed by atoms with Gasteiger partial charge in [-0.15, -0.1) is 0 Å². The highest BCUT2D eigenvalue weighted by molar-refractivity contribution is 7.93. The van der Waals surface area contributed by atoms with E-state index in [0.717, 1.165) is 6.26 Å². The fourth-order valence-corrected chi connectivity index (χ4v) is 5.37. The molecule has 0 spiro atoms. The first-order chi connectivity index (χ1) is 8.69. The van der Waals surface area contributed by atoms with Crippen molar-refractivity contribution < 1.29 is 16.8 Å². The van der Waals surface area contributed by atoms with Crippen LogP contribution in [0.3, 0.4) is 0 Å². The molecule has 0 saturated carbocycles. The van der Waals surface area contributed by atoms with Gasteiger partial charge in [0.2, 0.25) is 10.0 Å². The lowest BCUT2D eigenvalue weighted by Crippen LogP contribution is -2.40. The lowest BCUT2D eigenvalue weighted by Gasteiger charge is -2.27. The highest BCUT2D eigenvalue weighted by Crippen LogP contribution is 2.27. The Morgan fingerprint density at radius 1 is 1.26 bits per heavy atom. The second-order valence-corrected chi connectivity index (χ2v) is 9.12. The van der Waals surface area contributed by atoms with E-state index < -0.39 is 25.9 Å². The summed E-state index contributed by atoms with van der Waals surface area (Å²) in [7, 11) is -6.69. The zero-order valence-electron chi connectivity index (χ0n) is 10.3. The molecule has 1 unspecified atom stereocenters. The van der Waals surface area contributed by atoms with Crippen LogP contribution in [0.4, 0.5) is 5.69 Å². The second kappa shape index (κ2) is 4.96. The predicted octanol–water partition coefficient (Wildman–Crippen LogP) is 1.29. The van der Waals surface area contributed by atoms with Gasteiger partial charge in [-0.05, 0) is 30.7 Å². The van der Waals surface area contributed by atoms with Gasteiger partial charge in [0.25, 0.3) is 0 Å². The van der Waals surface area contributed by atoms with Crippen LogP contribution in [0.2, 0.25) is 5.02 Å². The van der Waals surface area contributed by atoms with Gasteiger partial charge in [0, 0.05) is 5.02 Å². The van der Waals surface area contributed by atoms with Gasteiger partial charge in [0.05, 0.1) is 29.5 Å². The molecule has 1 aliphatic heterocycles. The molecule has 1 heterocycles. The van der Waals surface area contributed by atoms with Crippen molar-refractivity contribution in [2.75, 3.05) is 22.1 Å². The summed E-state index contributed by atoms with van der Waals surface area (Å²) in [5.41, 5.74) is 0.439. The summed E-state index contributed by atoms with van der Waals surface area (Å²) in [6.07, 6.45) is 1.39. The molecule has 0 bridgehead atoms. The fraction of sp³-hybridized carbons (Fsp3) is 0.455. The number of hydrogen-bond donors (Lipinski definition) is 0. The molecule has 1 aromatic carbocycles. The van der Waals surface area contributed by atoms with Crippen LogP contribution in [0.1, 0.15) is 6.42 Å². The molecule has 0 N–H and O–H groups in total. The van der Waals surface area contributed by atoms with E-state index in [1.54, 1.807) is 24.3 Å². The lowest BCUT2D eigenvalue weighted by molar-refractivity contribution is 0.586. The van der Waals surface area contributed by atoms with E-state index in [9.17, 15) is 16.8 Å². The van der Waals surface area contributed by atoms with E-state index in [4.69, 9.17) is 11.6 Å². The summed E-state index contributed by atoms with van der Waals surface area (Å²) in [5, 5.41) is 0.497. The van der Waals surface area contributed by atoms with E-state index in [1.807, 2.05) is 0 Å². The molecule has 5 nitrogen and oxygen atoms in total. The van der Waals surface area contributed by atoms with Crippen molar-refractivity contribution in [3.63, 3.8) is 0 Å². The average Bonchev–Trinajstić information content (AvgIpc) is 2.60. The third-order valence-electron chi connectivity index (χ3n) is 2.98. The molecule has 1 atom stereocenters. The molecule has 1 fully saturated rings. The number of nitrogens with zero attached hydrogens (tertiary/aromatic N) is 1. The minimum Gasteiger partial charge on any atom is -0.266 e. The quantitative estimate of drug-likeness (QED) is 0.840. The first-order valence-corrected chi connectivity index (χ1v) is 9.69. The summed E-state index contributed by atoms with van der Waals surface area (Å²) in [6.45, 7) is 0. The maximum Gasteiger partial charge on any atom is 0.232 e. The maximum atomic E-state index is 11.9. The van der Waals surface area contributed by atoms with Crippen molar-refractivity contribution in [2.45, 2.75) is 12.5 Å². The number of sulfone groups is 1. The van der Waals surface area contributed by atoms with Crippen molar-refractivity contribution >= 4 is 37.1 Å². The van der Waals surface area contributed by atoms with Crippen LogP contribution < -0.4 is 4.31 Å². The van der Waals surface area contributed by atoms with Gasteiger partial charge in [-0.3, -0.25) is 4.31 Å². The molecule has 2 rings (SSSR count). The third-order valence-corrected chi connectivity index (χ3v) is 6.20. The van der Waals surface area contributed by atoms with Crippen LogP contribution in [0, 0.1) is 0 Å². The average molecular weight is 324 g/mol. The summed E-state index contributed by atoms with van der Waals surface area (Å²) >= 11 is 5.77. The van der Waals surface area contributed by atoms with Crippen LogP contribution in [-0.4, -0.2) is 40.6 Å². The minimum absolute atomic E-state index is 0.0251. The van der Waals surface area contributed by atoms with E-state index in [1.165, 1.54) is 4.31 Å². The number of halogens is 1. The topological polar surface area (TPSA) is 71.5 Å². The summed E-state index contributed by atoms with van der Waals surface area (Å²) in [5.74, 6) is -0.111. The zero-order valence-corrected chi connectivity index (χ0v) is 12.7. The number of anilines is 1. The fourth-order valence-electron chi connectivity index (χ4n) is 2.22. The van der Waals surface area contributed by atoms with Gasteiger partial charge in [-0.1, -0.05) is 11.6 Å². The van der Waals surface area contributed by atoms with Crippen LogP contribution in [0.5, 0.6) is 0 Å². The molecule has 8 heteroatoms. The van der Waals surface area contributed by atoms with Crippen molar-refractivity contribution in [2.24, 2.45) is 0 Å². The molecule has 19 heavy (non-hydrogen) atoms. The Balaban J connectivity index is 2.41. The summed E-state index contributed by atoms with van der Waals surface area (Å²) in [6, 6.07) is 5.78. The Hall–Kier alpha value is -0.790. The van der Waals surface area contributed by atoms with Gasteiger partial charge in [-0.2, -0.15) is 0 Å². The van der Waals surface area contributed by atoms with Crippen molar-refractivity contribution in [1.82, 2.24) is 0 Å². The highest BCUT2D eigenvalue weighted by Gasteiger charge is 2.36. The largest absolute Gasteiger partial charge is 0.266 e. The Labute approximate surface area is 118 Å². The number of rotatable bonds is 3. The van der Waals surface area contributed by atoms with E-state index in [-0.39, 0.29) is 11.5 Å². The molecule has 0 aliphatic carbocycles. The normalized spacial score (nSPS) is 22.3. The van der Waals surface area contributed by atoms with E-state index in [2.05, 4.69) is 0 Å². The standard InChI is InChI=1S/C11H14ClNO4S2/c1-18(14,15)13(10-4-2-9(12)3-5-10)11-6-7-19(16,17)8-11/h2-5,11H,6-8H2,1H3. The SMILES string of the molecule is CS(=O)(=O)N(c1ccc(Cl)cc1)C1CCS(=O)(=O)C1. The molecule has 0 radical (unpaired) electrons. The zero-order chi connectivity index (χ0) is 14.3. The summed E-state index contributed by atoms with van der Waals surface area (Å²) in [4.78, 5) is 0. The van der Waals surface area contributed by atoms with Crippen LogP contribution >= 0.6 is 11.6 Å². The molecule has 106 valence electrons. The number of benzene rings is 1. The Bertz CT molecular complexity index is 667. The Morgan fingerprint density at radius 2 is 1.84 bits per heavy atom. The molecular formula is C11H14ClNO4S2. The number of sulfonamides is 1. The lowest BCUT2D eigenvalue weighted by atomic mass is 10.2. The Kier molecular flexibility index (Phi) is 3.81. The monoisotopic (exact) mass is 323 g/mol. The van der Waals surface area contributed by atoms with Gasteiger partial charge in [0.1, 0.15) is 0 Å². The predicted molar refractivity (Wildman–Crippen MR) is 75.8 cm³/mol. The minimum atomic E-state index is -3.54.